The molecule has 0 saturated heterocycles. The minimum atomic E-state index is -1.04. The second-order valence-electron chi connectivity index (χ2n) is 9.80. The second kappa shape index (κ2) is 14.0. The first kappa shape index (κ1) is 29.2. The lowest BCUT2D eigenvalue weighted by atomic mass is 9.84. The minimum Gasteiger partial charge on any atom is -0.505 e. The Bertz CT molecular complexity index is 1200. The summed E-state index contributed by atoms with van der Waals surface area (Å²) in [5, 5.41) is 38.6. The number of carboxylic acids is 1. The van der Waals surface area contributed by atoms with Crippen molar-refractivity contribution in [2.45, 2.75) is 39.0 Å². The van der Waals surface area contributed by atoms with Gasteiger partial charge in [0.1, 0.15) is 22.5 Å². The molecule has 2 aromatic carbocycles. The van der Waals surface area contributed by atoms with Gasteiger partial charge in [-0.25, -0.2) is 4.79 Å². The topological polar surface area (TPSA) is 136 Å². The van der Waals surface area contributed by atoms with Crippen LogP contribution in [0.3, 0.4) is 0 Å². The van der Waals surface area contributed by atoms with Crippen LogP contribution in [0.25, 0.3) is 22.8 Å². The third kappa shape index (κ3) is 8.35. The maximum atomic E-state index is 12.0. The number of carbonyl (C=O) groups is 1. The van der Waals surface area contributed by atoms with E-state index in [9.17, 15) is 15.0 Å². The van der Waals surface area contributed by atoms with Crippen LogP contribution in [0.1, 0.15) is 44.7 Å². The van der Waals surface area contributed by atoms with Gasteiger partial charge in [0.25, 0.3) is 0 Å². The molecule has 0 amide bonds. The van der Waals surface area contributed by atoms with Crippen LogP contribution < -0.4 is 0 Å². The number of phenolic OH excluding ortho intramolecular Hbond substituents is 1. The van der Waals surface area contributed by atoms with Crippen LogP contribution in [-0.2, 0) is 24.4 Å². The summed E-state index contributed by atoms with van der Waals surface area (Å²) in [4.78, 5) is 13.4. The minimum absolute atomic E-state index is 0.0500. The van der Waals surface area contributed by atoms with Crippen LogP contribution in [0.5, 0.6) is 5.75 Å². The highest BCUT2D eigenvalue weighted by Crippen LogP contribution is 2.37. The van der Waals surface area contributed by atoms with E-state index in [1.54, 1.807) is 18.2 Å². The summed E-state index contributed by atoms with van der Waals surface area (Å²) < 4.78 is 16.3. The van der Waals surface area contributed by atoms with Gasteiger partial charge in [-0.1, -0.05) is 32.9 Å². The van der Waals surface area contributed by atoms with E-state index in [2.05, 4.69) is 10.2 Å². The van der Waals surface area contributed by atoms with E-state index < -0.39 is 11.4 Å². The average molecular weight is 528 g/mol. The molecule has 0 aliphatic heterocycles. The summed E-state index contributed by atoms with van der Waals surface area (Å²) in [6.07, 6.45) is 2.39. The van der Waals surface area contributed by atoms with Crippen molar-refractivity contribution in [3.63, 3.8) is 0 Å². The third-order valence-electron chi connectivity index (χ3n) is 5.74. The smallest absolute Gasteiger partial charge is 0.331 e. The van der Waals surface area contributed by atoms with Gasteiger partial charge in [0.2, 0.25) is 0 Å². The van der Waals surface area contributed by atoms with E-state index >= 15 is 0 Å². The SMILES string of the molecule is CC(C)(C)c1cc(C=C(CCOCCOCCOCCCO)C(=O)O)cc(-n2nc3ccccc3n2)c1O. The number of ether oxygens (including phenoxy) is 3. The molecule has 0 aliphatic rings. The molecule has 3 rings (SSSR count). The summed E-state index contributed by atoms with van der Waals surface area (Å²) in [7, 11) is 0. The molecule has 206 valence electrons. The number of hydrogen-bond donors (Lipinski definition) is 3. The van der Waals surface area contributed by atoms with Crippen molar-refractivity contribution in [3.8, 4) is 11.4 Å². The second-order valence-corrected chi connectivity index (χ2v) is 9.80. The molecule has 0 radical (unpaired) electrons. The van der Waals surface area contributed by atoms with Crippen molar-refractivity contribution in [2.75, 3.05) is 46.2 Å². The zero-order chi connectivity index (χ0) is 27.5. The van der Waals surface area contributed by atoms with Gasteiger partial charge in [0, 0.05) is 30.8 Å². The van der Waals surface area contributed by atoms with Gasteiger partial charge in [-0.3, -0.25) is 0 Å². The van der Waals surface area contributed by atoms with Crippen LogP contribution in [-0.4, -0.2) is 82.5 Å². The van der Waals surface area contributed by atoms with Crippen molar-refractivity contribution in [2.24, 2.45) is 0 Å². The van der Waals surface area contributed by atoms with Crippen molar-refractivity contribution < 1.29 is 34.3 Å². The van der Waals surface area contributed by atoms with E-state index in [0.29, 0.717) is 67.3 Å². The first-order valence-corrected chi connectivity index (χ1v) is 12.7. The first-order chi connectivity index (χ1) is 18.2. The van der Waals surface area contributed by atoms with E-state index in [-0.39, 0.29) is 31.0 Å². The van der Waals surface area contributed by atoms with Gasteiger partial charge in [-0.05, 0) is 47.7 Å². The van der Waals surface area contributed by atoms with Crippen molar-refractivity contribution >= 4 is 23.1 Å². The Labute approximate surface area is 222 Å². The Balaban J connectivity index is 1.70. The van der Waals surface area contributed by atoms with Gasteiger partial charge in [-0.2, -0.15) is 0 Å². The molecule has 0 saturated carbocycles. The number of aliphatic hydroxyl groups excluding tert-OH is 1. The largest absolute Gasteiger partial charge is 0.505 e. The van der Waals surface area contributed by atoms with Crippen molar-refractivity contribution in [3.05, 3.63) is 53.1 Å². The van der Waals surface area contributed by atoms with Gasteiger partial charge < -0.3 is 29.5 Å². The predicted molar refractivity (Wildman–Crippen MR) is 144 cm³/mol. The number of aromatic nitrogens is 3. The molecule has 0 atom stereocenters. The molecule has 0 spiro atoms. The number of aliphatic hydroxyl groups is 1. The molecular weight excluding hydrogens is 490 g/mol. The van der Waals surface area contributed by atoms with E-state index in [4.69, 9.17) is 19.3 Å². The Hall–Kier alpha value is -3.31. The van der Waals surface area contributed by atoms with E-state index in [1.165, 1.54) is 4.80 Å². The molecule has 0 unspecified atom stereocenters. The fourth-order valence-electron chi connectivity index (χ4n) is 3.75. The fraction of sp³-hybridized carbons (Fsp3) is 0.464. The number of aliphatic carboxylic acids is 1. The molecule has 10 heteroatoms. The summed E-state index contributed by atoms with van der Waals surface area (Å²) >= 11 is 0. The van der Waals surface area contributed by atoms with Crippen molar-refractivity contribution in [1.29, 1.82) is 0 Å². The Kier molecular flexibility index (Phi) is 10.8. The highest BCUT2D eigenvalue weighted by Gasteiger charge is 2.23. The molecule has 10 nitrogen and oxygen atoms in total. The maximum absolute atomic E-state index is 12.0. The van der Waals surface area contributed by atoms with Gasteiger partial charge in [0.05, 0.1) is 33.0 Å². The molecule has 1 aromatic heterocycles. The summed E-state index contributed by atoms with van der Waals surface area (Å²) in [5.41, 5.74) is 2.79. The van der Waals surface area contributed by atoms with Gasteiger partial charge >= 0.3 is 5.97 Å². The standard InChI is InChI=1S/C28H37N3O7/c1-28(2,3)22-18-20(19-25(26(22)33)31-29-23-7-4-5-8-24(23)30-31)17-21(27(34)35)9-12-37-14-16-38-15-13-36-11-6-10-32/h4-5,7-8,17-19,32-33H,6,9-16H2,1-3H3,(H,34,35). The lowest BCUT2D eigenvalue weighted by molar-refractivity contribution is -0.132. The zero-order valence-electron chi connectivity index (χ0n) is 22.2. The van der Waals surface area contributed by atoms with Crippen LogP contribution in [0, 0.1) is 0 Å². The Morgan fingerprint density at radius 2 is 1.53 bits per heavy atom. The van der Waals surface area contributed by atoms with Crippen LogP contribution in [0.15, 0.2) is 42.0 Å². The number of benzene rings is 2. The maximum Gasteiger partial charge on any atom is 0.331 e. The van der Waals surface area contributed by atoms with E-state index in [0.717, 1.165) is 0 Å². The van der Waals surface area contributed by atoms with Crippen LogP contribution in [0.4, 0.5) is 0 Å². The lowest BCUT2D eigenvalue weighted by Crippen LogP contribution is -2.14. The summed E-state index contributed by atoms with van der Waals surface area (Å²) in [6.45, 7) is 8.32. The summed E-state index contributed by atoms with van der Waals surface area (Å²) in [6, 6.07) is 10.9. The van der Waals surface area contributed by atoms with Gasteiger partial charge in [0.15, 0.2) is 0 Å². The van der Waals surface area contributed by atoms with Crippen LogP contribution >= 0.6 is 0 Å². The highest BCUT2D eigenvalue weighted by molar-refractivity contribution is 5.92. The molecule has 0 aliphatic carbocycles. The Morgan fingerprint density at radius 1 is 0.947 bits per heavy atom. The predicted octanol–water partition coefficient (Wildman–Crippen LogP) is 3.71. The summed E-state index contributed by atoms with van der Waals surface area (Å²) in [5.74, 6) is -0.992. The number of fused-ring (bicyclic) bond motifs is 1. The molecule has 1 heterocycles. The number of phenols is 1. The van der Waals surface area contributed by atoms with Gasteiger partial charge in [-0.15, -0.1) is 15.0 Å². The average Bonchev–Trinajstić information content (AvgIpc) is 3.30. The molecule has 0 bridgehead atoms. The number of carboxylic acid groups (broad SMARTS) is 1. The molecular formula is C28H37N3O7. The van der Waals surface area contributed by atoms with E-state index in [1.807, 2.05) is 45.0 Å². The molecule has 3 aromatic rings. The zero-order valence-corrected chi connectivity index (χ0v) is 22.2. The first-order valence-electron chi connectivity index (χ1n) is 12.7. The third-order valence-corrected chi connectivity index (χ3v) is 5.74. The highest BCUT2D eigenvalue weighted by atomic mass is 16.5. The normalized spacial score (nSPS) is 12.4. The number of rotatable bonds is 15. The number of nitrogens with zero attached hydrogens (tertiary/aromatic N) is 3. The monoisotopic (exact) mass is 527 g/mol. The molecule has 0 fully saturated rings. The fourth-order valence-corrected chi connectivity index (χ4v) is 3.75. The number of aromatic hydroxyl groups is 1. The van der Waals surface area contributed by atoms with Crippen molar-refractivity contribution in [1.82, 2.24) is 15.0 Å². The molecule has 38 heavy (non-hydrogen) atoms. The molecule has 3 N–H and O–H groups in total. The number of hydrogen-bond acceptors (Lipinski definition) is 8. The Morgan fingerprint density at radius 3 is 2.08 bits per heavy atom. The lowest BCUT2D eigenvalue weighted by Gasteiger charge is -2.22. The quantitative estimate of drug-likeness (QED) is 0.200. The van der Waals surface area contributed by atoms with Crippen LogP contribution in [0.2, 0.25) is 0 Å².